The highest BCUT2D eigenvalue weighted by Gasteiger charge is 2.43. The molecule has 84 valence electrons. The molecule has 3 nitrogen and oxygen atoms in total. The summed E-state index contributed by atoms with van der Waals surface area (Å²) in [6, 6.07) is 1.97. The maximum atomic E-state index is 10.1. The molecule has 15 heavy (non-hydrogen) atoms. The number of hydrogen-bond acceptors (Lipinski definition) is 3. The molecule has 1 N–H and O–H groups in total. The van der Waals surface area contributed by atoms with Gasteiger partial charge in [0.2, 0.25) is 0 Å². The lowest BCUT2D eigenvalue weighted by Gasteiger charge is -2.49. The van der Waals surface area contributed by atoms with Crippen LogP contribution in [0.3, 0.4) is 0 Å². The first-order valence-corrected chi connectivity index (χ1v) is 5.96. The molecule has 0 saturated carbocycles. The van der Waals surface area contributed by atoms with Gasteiger partial charge in [-0.2, -0.15) is 0 Å². The van der Waals surface area contributed by atoms with Gasteiger partial charge in [0, 0.05) is 25.2 Å². The Morgan fingerprint density at radius 3 is 2.73 bits per heavy atom. The molecule has 1 aliphatic heterocycles. The molecular formula is C11H16BrNO2. The van der Waals surface area contributed by atoms with Crippen LogP contribution in [0.15, 0.2) is 21.4 Å². The van der Waals surface area contributed by atoms with Gasteiger partial charge in [-0.05, 0) is 27.9 Å². The van der Waals surface area contributed by atoms with E-state index in [1.54, 1.807) is 6.26 Å². The van der Waals surface area contributed by atoms with Crippen LogP contribution in [0.1, 0.15) is 19.4 Å². The Hall–Kier alpha value is -0.320. The SMILES string of the molecule is CC(C)C1(O)CN(Cc2coc(Br)c2)C1. The van der Waals surface area contributed by atoms with E-state index in [1.807, 2.05) is 6.07 Å². The van der Waals surface area contributed by atoms with E-state index in [2.05, 4.69) is 34.7 Å². The van der Waals surface area contributed by atoms with E-state index in [0.717, 1.165) is 29.9 Å². The van der Waals surface area contributed by atoms with Gasteiger partial charge in [0.05, 0.1) is 11.9 Å². The lowest BCUT2D eigenvalue weighted by atomic mass is 9.83. The topological polar surface area (TPSA) is 36.6 Å². The first-order valence-electron chi connectivity index (χ1n) is 5.17. The molecule has 1 fully saturated rings. The summed E-state index contributed by atoms with van der Waals surface area (Å²) in [6.07, 6.45) is 1.75. The first-order chi connectivity index (χ1) is 6.99. The largest absolute Gasteiger partial charge is 0.457 e. The number of nitrogens with zero attached hydrogens (tertiary/aromatic N) is 1. The van der Waals surface area contributed by atoms with Crippen molar-refractivity contribution < 1.29 is 9.52 Å². The average molecular weight is 274 g/mol. The minimum atomic E-state index is -0.485. The van der Waals surface area contributed by atoms with E-state index in [-0.39, 0.29) is 0 Å². The molecule has 2 rings (SSSR count). The molecule has 1 aliphatic rings. The van der Waals surface area contributed by atoms with Gasteiger partial charge < -0.3 is 9.52 Å². The van der Waals surface area contributed by atoms with Gasteiger partial charge in [-0.3, -0.25) is 4.90 Å². The van der Waals surface area contributed by atoms with Gasteiger partial charge in [0.15, 0.2) is 4.67 Å². The van der Waals surface area contributed by atoms with Crippen LogP contribution >= 0.6 is 15.9 Å². The summed E-state index contributed by atoms with van der Waals surface area (Å²) in [5.41, 5.74) is 0.661. The third-order valence-corrected chi connectivity index (χ3v) is 3.51. The van der Waals surface area contributed by atoms with Crippen molar-refractivity contribution in [2.24, 2.45) is 5.92 Å². The maximum absolute atomic E-state index is 10.1. The van der Waals surface area contributed by atoms with E-state index < -0.39 is 5.60 Å². The number of aliphatic hydroxyl groups is 1. The fourth-order valence-electron chi connectivity index (χ4n) is 1.89. The van der Waals surface area contributed by atoms with Crippen LogP contribution < -0.4 is 0 Å². The second kappa shape index (κ2) is 3.92. The summed E-state index contributed by atoms with van der Waals surface area (Å²) in [7, 11) is 0. The van der Waals surface area contributed by atoms with Crippen LogP contribution in [-0.4, -0.2) is 28.7 Å². The van der Waals surface area contributed by atoms with Crippen molar-refractivity contribution in [1.82, 2.24) is 4.90 Å². The summed E-state index contributed by atoms with van der Waals surface area (Å²) < 4.78 is 5.92. The smallest absolute Gasteiger partial charge is 0.169 e. The number of furan rings is 1. The molecule has 0 aliphatic carbocycles. The Morgan fingerprint density at radius 1 is 1.60 bits per heavy atom. The number of halogens is 1. The molecule has 1 aromatic rings. The van der Waals surface area contributed by atoms with E-state index in [4.69, 9.17) is 4.42 Å². The molecular weight excluding hydrogens is 258 g/mol. The van der Waals surface area contributed by atoms with Crippen molar-refractivity contribution >= 4 is 15.9 Å². The van der Waals surface area contributed by atoms with E-state index in [1.165, 1.54) is 0 Å². The summed E-state index contributed by atoms with van der Waals surface area (Å²) in [4.78, 5) is 2.22. The summed E-state index contributed by atoms with van der Waals surface area (Å²) in [6.45, 7) is 6.49. The zero-order valence-electron chi connectivity index (χ0n) is 9.03. The van der Waals surface area contributed by atoms with Crippen molar-refractivity contribution in [3.05, 3.63) is 22.6 Å². The van der Waals surface area contributed by atoms with Crippen molar-refractivity contribution in [2.75, 3.05) is 13.1 Å². The van der Waals surface area contributed by atoms with Crippen LogP contribution in [0.2, 0.25) is 0 Å². The molecule has 0 spiro atoms. The normalized spacial score (nSPS) is 20.6. The fraction of sp³-hybridized carbons (Fsp3) is 0.636. The molecule has 1 aromatic heterocycles. The Labute approximate surface area is 98.2 Å². The predicted octanol–water partition coefficient (Wildman–Crippen LogP) is 2.24. The highest BCUT2D eigenvalue weighted by molar-refractivity contribution is 9.10. The fourth-order valence-corrected chi connectivity index (χ4v) is 2.28. The number of rotatable bonds is 3. The van der Waals surface area contributed by atoms with E-state index in [0.29, 0.717) is 5.92 Å². The molecule has 0 aromatic carbocycles. The maximum Gasteiger partial charge on any atom is 0.169 e. The number of hydrogen-bond donors (Lipinski definition) is 1. The highest BCUT2D eigenvalue weighted by Crippen LogP contribution is 2.30. The van der Waals surface area contributed by atoms with Gasteiger partial charge in [0.1, 0.15) is 0 Å². The van der Waals surface area contributed by atoms with Gasteiger partial charge >= 0.3 is 0 Å². The van der Waals surface area contributed by atoms with Gasteiger partial charge in [-0.15, -0.1) is 0 Å². The van der Waals surface area contributed by atoms with Crippen LogP contribution in [0.25, 0.3) is 0 Å². The minimum Gasteiger partial charge on any atom is -0.457 e. The molecule has 0 bridgehead atoms. The molecule has 0 amide bonds. The van der Waals surface area contributed by atoms with Crippen molar-refractivity contribution in [1.29, 1.82) is 0 Å². The van der Waals surface area contributed by atoms with Crippen molar-refractivity contribution in [3.8, 4) is 0 Å². The Balaban J connectivity index is 1.86. The zero-order valence-corrected chi connectivity index (χ0v) is 10.6. The second-order valence-corrected chi connectivity index (χ2v) is 5.44. The van der Waals surface area contributed by atoms with Crippen LogP contribution in [-0.2, 0) is 6.54 Å². The summed E-state index contributed by atoms with van der Waals surface area (Å²) >= 11 is 3.27. The molecule has 0 radical (unpaired) electrons. The standard InChI is InChI=1S/C11H16BrNO2/c1-8(2)11(14)6-13(7-11)4-9-3-10(12)15-5-9/h3,5,8,14H,4,6-7H2,1-2H3. The van der Waals surface area contributed by atoms with Crippen LogP contribution in [0.4, 0.5) is 0 Å². The van der Waals surface area contributed by atoms with E-state index >= 15 is 0 Å². The monoisotopic (exact) mass is 273 g/mol. The molecule has 0 atom stereocenters. The summed E-state index contributed by atoms with van der Waals surface area (Å²) in [5.74, 6) is 0.324. The lowest BCUT2D eigenvalue weighted by molar-refractivity contribution is -0.130. The quantitative estimate of drug-likeness (QED) is 0.918. The number of β-amino-alcohol motifs (C(OH)–C–C–N with tert-alkyl or cyclic N) is 1. The minimum absolute atomic E-state index is 0.324. The first kappa shape index (κ1) is 11.2. The lowest BCUT2D eigenvalue weighted by Crippen LogP contribution is -2.63. The molecule has 2 heterocycles. The molecule has 1 saturated heterocycles. The van der Waals surface area contributed by atoms with Gasteiger partial charge in [-0.25, -0.2) is 0 Å². The molecule has 4 heteroatoms. The third kappa shape index (κ3) is 2.27. The second-order valence-electron chi connectivity index (χ2n) is 4.66. The predicted molar refractivity (Wildman–Crippen MR) is 61.5 cm³/mol. The van der Waals surface area contributed by atoms with Gasteiger partial charge in [0.25, 0.3) is 0 Å². The van der Waals surface area contributed by atoms with Crippen molar-refractivity contribution in [3.63, 3.8) is 0 Å². The number of likely N-dealkylation sites (tertiary alicyclic amines) is 1. The van der Waals surface area contributed by atoms with E-state index in [9.17, 15) is 5.11 Å². The Morgan fingerprint density at radius 2 is 2.27 bits per heavy atom. The highest BCUT2D eigenvalue weighted by atomic mass is 79.9. The summed E-state index contributed by atoms with van der Waals surface area (Å²) in [5, 5.41) is 10.1. The third-order valence-electron chi connectivity index (χ3n) is 3.10. The molecule has 0 unspecified atom stereocenters. The Kier molecular flexibility index (Phi) is 2.92. The van der Waals surface area contributed by atoms with Crippen LogP contribution in [0.5, 0.6) is 0 Å². The van der Waals surface area contributed by atoms with Crippen LogP contribution in [0, 0.1) is 5.92 Å². The Bertz CT molecular complexity index is 342. The zero-order chi connectivity index (χ0) is 11.1. The van der Waals surface area contributed by atoms with Gasteiger partial charge in [-0.1, -0.05) is 13.8 Å². The van der Waals surface area contributed by atoms with Crippen molar-refractivity contribution in [2.45, 2.75) is 26.0 Å². The average Bonchev–Trinajstić information content (AvgIpc) is 2.48.